The van der Waals surface area contributed by atoms with Crippen LogP contribution in [0.5, 0.6) is 0 Å². The summed E-state index contributed by atoms with van der Waals surface area (Å²) in [6.45, 7) is 4.27. The predicted molar refractivity (Wildman–Crippen MR) is 100 cm³/mol. The van der Waals surface area contributed by atoms with Crippen molar-refractivity contribution in [2.24, 2.45) is 0 Å². The molecule has 0 bridgehead atoms. The Morgan fingerprint density at radius 2 is 0.773 bits per heavy atom. The van der Waals surface area contributed by atoms with Crippen molar-refractivity contribution in [1.29, 1.82) is 0 Å². The lowest BCUT2D eigenvalue weighted by Crippen LogP contribution is -1.83. The lowest BCUT2D eigenvalue weighted by molar-refractivity contribution is 1.46. The molecule has 114 valence electrons. The molecule has 22 heavy (non-hydrogen) atoms. The van der Waals surface area contributed by atoms with E-state index >= 15 is 0 Å². The number of hydrogen-bond acceptors (Lipinski definition) is 0. The van der Waals surface area contributed by atoms with Crippen molar-refractivity contribution in [1.82, 2.24) is 0 Å². The second kappa shape index (κ2) is 7.61. The van der Waals surface area contributed by atoms with Gasteiger partial charge in [0.2, 0.25) is 0 Å². The molecule has 3 rings (SSSR count). The van der Waals surface area contributed by atoms with E-state index in [4.69, 9.17) is 0 Å². The summed E-state index contributed by atoms with van der Waals surface area (Å²) in [5.74, 6) is 0. The van der Waals surface area contributed by atoms with E-state index in [1.165, 1.54) is 33.4 Å². The average Bonchev–Trinajstić information content (AvgIpc) is 2.47. The normalized spacial score (nSPS) is 9.55. The first kappa shape index (κ1) is 17.7. The summed E-state index contributed by atoms with van der Waals surface area (Å²) < 4.78 is 0. The fourth-order valence-electron chi connectivity index (χ4n) is 2.53. The van der Waals surface area contributed by atoms with Crippen LogP contribution in [0.15, 0.2) is 72.8 Å². The van der Waals surface area contributed by atoms with Crippen LogP contribution in [0.4, 0.5) is 0 Å². The van der Waals surface area contributed by atoms with Crippen molar-refractivity contribution in [2.75, 3.05) is 0 Å². The molecular formula is C22H26. The molecule has 0 heterocycles. The Bertz CT molecular complexity index is 678. The lowest BCUT2D eigenvalue weighted by atomic mass is 9.97. The van der Waals surface area contributed by atoms with Crippen LogP contribution in [-0.2, 0) is 0 Å². The maximum atomic E-state index is 2.27. The summed E-state index contributed by atoms with van der Waals surface area (Å²) in [6, 6.07) is 26.0. The number of aryl methyl sites for hydroxylation is 2. The Morgan fingerprint density at radius 1 is 0.455 bits per heavy atom. The Hall–Kier alpha value is -2.34. The summed E-state index contributed by atoms with van der Waals surface area (Å²) in [5.41, 5.74) is 7.69. The summed E-state index contributed by atoms with van der Waals surface area (Å²) in [5, 5.41) is 0. The Morgan fingerprint density at radius 3 is 1.14 bits per heavy atom. The zero-order chi connectivity index (χ0) is 13.9. The van der Waals surface area contributed by atoms with Crippen molar-refractivity contribution in [2.45, 2.75) is 28.7 Å². The number of hydrogen-bond donors (Lipinski definition) is 0. The Kier molecular flexibility index (Phi) is 6.12. The monoisotopic (exact) mass is 290 g/mol. The fourth-order valence-corrected chi connectivity index (χ4v) is 2.53. The second-order valence-electron chi connectivity index (χ2n) is 5.32. The van der Waals surface area contributed by atoms with E-state index in [0.717, 1.165) is 0 Å². The zero-order valence-corrected chi connectivity index (χ0v) is 11.9. The molecule has 3 aromatic rings. The minimum absolute atomic E-state index is 0. The van der Waals surface area contributed by atoms with Crippen molar-refractivity contribution in [3.05, 3.63) is 83.9 Å². The van der Waals surface area contributed by atoms with Crippen LogP contribution >= 0.6 is 0 Å². The molecule has 0 aromatic heterocycles. The highest BCUT2D eigenvalue weighted by atomic mass is 14.1. The van der Waals surface area contributed by atoms with E-state index in [9.17, 15) is 0 Å². The van der Waals surface area contributed by atoms with Gasteiger partial charge in [0.15, 0.2) is 0 Å². The van der Waals surface area contributed by atoms with Gasteiger partial charge in [-0.25, -0.2) is 0 Å². The van der Waals surface area contributed by atoms with Gasteiger partial charge in [-0.05, 0) is 42.2 Å². The minimum atomic E-state index is 0. The predicted octanol–water partition coefficient (Wildman–Crippen LogP) is 6.91. The smallest absolute Gasteiger partial charge is 0.0178 e. The van der Waals surface area contributed by atoms with Gasteiger partial charge in [-0.1, -0.05) is 92.7 Å². The summed E-state index contributed by atoms with van der Waals surface area (Å²) in [4.78, 5) is 0. The van der Waals surface area contributed by atoms with Crippen LogP contribution in [-0.4, -0.2) is 0 Å². The van der Waals surface area contributed by atoms with Gasteiger partial charge in [-0.2, -0.15) is 0 Å². The molecule has 0 fully saturated rings. The van der Waals surface area contributed by atoms with Crippen LogP contribution in [0.3, 0.4) is 0 Å². The molecule has 0 nitrogen and oxygen atoms in total. The van der Waals surface area contributed by atoms with Crippen LogP contribution in [0.2, 0.25) is 0 Å². The third-order valence-corrected chi connectivity index (χ3v) is 3.57. The van der Waals surface area contributed by atoms with Gasteiger partial charge in [-0.15, -0.1) is 0 Å². The number of benzene rings is 3. The molecule has 0 spiro atoms. The first-order valence-electron chi connectivity index (χ1n) is 6.96. The van der Waals surface area contributed by atoms with Gasteiger partial charge in [0.05, 0.1) is 0 Å². The standard InChI is InChI=1S/C20H18.2CH4/c1-15-6-3-8-17(12-15)19-10-5-11-20(14-19)18-9-4-7-16(2)13-18;;/h3-14H,1-2H3;2*1H4. The number of rotatable bonds is 2. The van der Waals surface area contributed by atoms with Gasteiger partial charge in [0.25, 0.3) is 0 Å². The zero-order valence-electron chi connectivity index (χ0n) is 11.9. The third-order valence-electron chi connectivity index (χ3n) is 3.57. The minimum Gasteiger partial charge on any atom is -0.0776 e. The highest BCUT2D eigenvalue weighted by Crippen LogP contribution is 2.27. The molecule has 0 aliphatic heterocycles. The highest BCUT2D eigenvalue weighted by Gasteiger charge is 2.02. The van der Waals surface area contributed by atoms with E-state index in [-0.39, 0.29) is 14.9 Å². The summed E-state index contributed by atoms with van der Waals surface area (Å²) >= 11 is 0. The van der Waals surface area contributed by atoms with Gasteiger partial charge in [0.1, 0.15) is 0 Å². The van der Waals surface area contributed by atoms with E-state index < -0.39 is 0 Å². The lowest BCUT2D eigenvalue weighted by Gasteiger charge is -2.07. The molecule has 0 saturated heterocycles. The van der Waals surface area contributed by atoms with E-state index in [1.807, 2.05) is 0 Å². The Balaban J connectivity index is 0.00000121. The maximum absolute atomic E-state index is 2.27. The van der Waals surface area contributed by atoms with Crippen molar-refractivity contribution < 1.29 is 0 Å². The summed E-state index contributed by atoms with van der Waals surface area (Å²) in [7, 11) is 0. The molecule has 0 aliphatic rings. The maximum Gasteiger partial charge on any atom is -0.0178 e. The molecule has 0 unspecified atom stereocenters. The van der Waals surface area contributed by atoms with E-state index in [0.29, 0.717) is 0 Å². The largest absolute Gasteiger partial charge is 0.0776 e. The first-order valence-corrected chi connectivity index (χ1v) is 6.96. The van der Waals surface area contributed by atoms with E-state index in [1.54, 1.807) is 0 Å². The molecule has 0 heteroatoms. The second-order valence-corrected chi connectivity index (χ2v) is 5.32. The van der Waals surface area contributed by atoms with Crippen LogP contribution in [0.1, 0.15) is 26.0 Å². The van der Waals surface area contributed by atoms with Crippen LogP contribution < -0.4 is 0 Å². The molecule has 0 atom stereocenters. The van der Waals surface area contributed by atoms with Crippen LogP contribution in [0.25, 0.3) is 22.3 Å². The first-order chi connectivity index (χ1) is 9.72. The molecule has 0 aliphatic carbocycles. The molecular weight excluding hydrogens is 264 g/mol. The van der Waals surface area contributed by atoms with Crippen LogP contribution in [0, 0.1) is 13.8 Å². The van der Waals surface area contributed by atoms with Gasteiger partial charge < -0.3 is 0 Å². The topological polar surface area (TPSA) is 0 Å². The van der Waals surface area contributed by atoms with Crippen molar-refractivity contribution in [3.63, 3.8) is 0 Å². The van der Waals surface area contributed by atoms with Crippen molar-refractivity contribution in [3.8, 4) is 22.3 Å². The molecule has 0 N–H and O–H groups in total. The average molecular weight is 290 g/mol. The van der Waals surface area contributed by atoms with Crippen molar-refractivity contribution >= 4 is 0 Å². The fraction of sp³-hybridized carbons (Fsp3) is 0.182. The molecule has 3 aromatic carbocycles. The SMILES string of the molecule is C.C.Cc1cccc(-c2cccc(-c3cccc(C)c3)c2)c1. The van der Waals surface area contributed by atoms with Gasteiger partial charge >= 0.3 is 0 Å². The third kappa shape index (κ3) is 3.85. The summed E-state index contributed by atoms with van der Waals surface area (Å²) in [6.07, 6.45) is 0. The quantitative estimate of drug-likeness (QED) is 0.481. The molecule has 0 saturated carbocycles. The van der Waals surface area contributed by atoms with E-state index in [2.05, 4.69) is 86.6 Å². The van der Waals surface area contributed by atoms with Gasteiger partial charge in [0, 0.05) is 0 Å². The highest BCUT2D eigenvalue weighted by molar-refractivity contribution is 5.73. The Labute approximate surface area is 135 Å². The molecule has 0 radical (unpaired) electrons. The molecule has 0 amide bonds. The van der Waals surface area contributed by atoms with Gasteiger partial charge in [-0.3, -0.25) is 0 Å².